The first kappa shape index (κ1) is 44.1. The molecule has 0 heterocycles. The first-order chi connectivity index (χ1) is 14.7. The molecular formula is C12HBr23. The Hall–Kier alpha value is 11.0. The summed E-state index contributed by atoms with van der Waals surface area (Å²) >= 11 is 90.4. The van der Waals surface area contributed by atoms with Crippen LogP contribution in [0.15, 0.2) is 0 Å². The third-order valence-corrected chi connectivity index (χ3v) is 55.5. The lowest BCUT2D eigenvalue weighted by Crippen LogP contribution is -2.74. The van der Waals surface area contributed by atoms with Gasteiger partial charge in [-0.25, -0.2) is 0 Å². The van der Waals surface area contributed by atoms with Crippen molar-refractivity contribution in [3.05, 3.63) is 0 Å². The lowest BCUT2D eigenvalue weighted by Gasteiger charge is -2.63. The van der Waals surface area contributed by atoms with E-state index < -0.39 is 40.4 Å². The highest BCUT2D eigenvalue weighted by Crippen LogP contribution is 2.82. The molecule has 0 aliphatic heterocycles. The van der Waals surface area contributed by atoms with Crippen molar-refractivity contribution >= 4 is 366 Å². The van der Waals surface area contributed by atoms with Gasteiger partial charge in [0, 0.05) is 0 Å². The maximum absolute atomic E-state index is 3.93. The molecule has 0 atom stereocenters. The van der Waals surface area contributed by atoms with Gasteiger partial charge in [-0.05, 0) is 0 Å². The van der Waals surface area contributed by atoms with Gasteiger partial charge in [0.25, 0.3) is 0 Å². The third kappa shape index (κ3) is 6.53. The summed E-state index contributed by atoms with van der Waals surface area (Å²) in [5.41, 5.74) is 0. The van der Waals surface area contributed by atoms with E-state index >= 15 is 0 Å². The summed E-state index contributed by atoms with van der Waals surface area (Å²) in [5, 5.41) is 0. The molecule has 0 aromatic rings. The fourth-order valence-electron chi connectivity index (χ4n) is 2.34. The van der Waals surface area contributed by atoms with Gasteiger partial charge in [0.05, 0.1) is 4.83 Å². The zero-order chi connectivity index (χ0) is 29.1. The molecule has 35 heavy (non-hydrogen) atoms. The first-order valence-corrected chi connectivity index (χ1v) is 25.8. The van der Waals surface area contributed by atoms with Crippen LogP contribution in [0.25, 0.3) is 0 Å². The Bertz CT molecular complexity index is 765. The van der Waals surface area contributed by atoms with Gasteiger partial charge in [0.15, 0.2) is 0 Å². The zero-order valence-corrected chi connectivity index (χ0v) is 51.2. The summed E-state index contributed by atoms with van der Waals surface area (Å²) in [6, 6.07) is 0. The summed E-state index contributed by atoms with van der Waals surface area (Å²) in [4.78, 5) is -0.465. The molecule has 0 spiro atoms. The van der Waals surface area contributed by atoms with Gasteiger partial charge < -0.3 is 0 Å². The Balaban J connectivity index is 4.45. The van der Waals surface area contributed by atoms with Crippen LogP contribution in [0.5, 0.6) is 0 Å². The van der Waals surface area contributed by atoms with Crippen molar-refractivity contribution in [2.24, 2.45) is 0 Å². The van der Waals surface area contributed by atoms with Gasteiger partial charge >= 0.3 is 0 Å². The average molecular weight is 1980 g/mol. The highest BCUT2D eigenvalue weighted by Gasteiger charge is 2.83. The highest BCUT2D eigenvalue weighted by atomic mass is 80.0. The topological polar surface area (TPSA) is 0 Å². The Morgan fingerprint density at radius 2 is 0.343 bits per heavy atom. The summed E-state index contributed by atoms with van der Waals surface area (Å²) < 4.78 is -11.6. The molecule has 1 aliphatic rings. The Labute approximate surface area is 397 Å². The molecule has 1 rings (SSSR count). The number of alkyl halides is 23. The van der Waals surface area contributed by atoms with Crippen molar-refractivity contribution in [3.8, 4) is 0 Å². The number of hydrogen-bond acceptors (Lipinski definition) is 0. The molecule has 1 aliphatic carbocycles. The number of hydrogen-bond donors (Lipinski definition) is 0. The van der Waals surface area contributed by atoms with Gasteiger partial charge in [-0.2, -0.15) is 0 Å². The van der Waals surface area contributed by atoms with E-state index in [0.29, 0.717) is 0 Å². The SMILES string of the molecule is BrC1C(Br)(Br)C(Br)(Br)C(Br)(Br)C(Br)(Br)C(Br)(Br)C(Br)(Br)C(Br)(Br)C(Br)(Br)C(Br)(Br)C(Br)(Br)C1(Br)Br. The second-order valence-corrected chi connectivity index (χ2v) is 45.8. The quantitative estimate of drug-likeness (QED) is 0.212. The minimum absolute atomic E-state index is 0.465. The molecule has 0 aromatic heterocycles. The molecule has 0 amide bonds. The monoisotopic (exact) mass is 1960 g/mol. The molecule has 0 N–H and O–H groups in total. The lowest BCUT2D eigenvalue weighted by molar-refractivity contribution is 0.504. The molecule has 0 nitrogen and oxygen atoms in total. The molecule has 0 radical (unpaired) electrons. The van der Waals surface area contributed by atoms with E-state index in [-0.39, 0.29) is 0 Å². The van der Waals surface area contributed by atoms with Gasteiger partial charge in [-0.3, -0.25) is 0 Å². The number of rotatable bonds is 0. The Kier molecular flexibility index (Phi) is 17.2. The molecule has 23 heteroatoms. The standard InChI is InChI=1S/C12HBr23/c13-1-2(14,15)4(18,19)6(22,23)8(26,27)10(30,31)12(34,35)11(32,33)9(28,29)7(24,25)5(20,21)3(1,16)17/h1H. The smallest absolute Gasteiger partial charge is 0.0839 e. The highest BCUT2D eigenvalue weighted by molar-refractivity contribution is 9.38. The largest absolute Gasteiger partial charge is 0.135 e. The van der Waals surface area contributed by atoms with Crippen LogP contribution in [0.3, 0.4) is 0 Å². The van der Waals surface area contributed by atoms with Gasteiger partial charge in [-0.15, -0.1) is 0 Å². The summed E-state index contributed by atoms with van der Waals surface area (Å²) in [6.07, 6.45) is 0. The van der Waals surface area contributed by atoms with Crippen LogP contribution in [0.4, 0.5) is 0 Å². The van der Waals surface area contributed by atoms with Crippen LogP contribution in [0.2, 0.25) is 0 Å². The fraction of sp³-hybridized carbons (Fsp3) is 1.00. The summed E-state index contributed by atoms with van der Waals surface area (Å²) in [7, 11) is 0. The van der Waals surface area contributed by atoms with Crippen molar-refractivity contribution in [1.82, 2.24) is 0 Å². The molecule has 1 fully saturated rings. The molecule has 0 saturated heterocycles. The van der Waals surface area contributed by atoms with Crippen molar-refractivity contribution < 1.29 is 0 Å². The van der Waals surface area contributed by atoms with Crippen LogP contribution in [0, 0.1) is 0 Å². The molecule has 210 valence electrons. The van der Waals surface area contributed by atoms with E-state index in [2.05, 4.69) is 366 Å². The van der Waals surface area contributed by atoms with Crippen molar-refractivity contribution in [2.75, 3.05) is 0 Å². The molecular weight excluding hydrogens is 1980 g/mol. The predicted molar refractivity (Wildman–Crippen MR) is 239 cm³/mol. The lowest BCUT2D eigenvalue weighted by atomic mass is 9.98. The van der Waals surface area contributed by atoms with E-state index in [1.54, 1.807) is 0 Å². The van der Waals surface area contributed by atoms with Crippen molar-refractivity contribution in [1.29, 1.82) is 0 Å². The van der Waals surface area contributed by atoms with Gasteiger partial charge in [0.1, 0.15) is 35.6 Å². The van der Waals surface area contributed by atoms with E-state index in [9.17, 15) is 0 Å². The van der Waals surface area contributed by atoms with Gasteiger partial charge in [0.2, 0.25) is 0 Å². The number of halogens is 23. The molecule has 0 unspecified atom stereocenters. The summed E-state index contributed by atoms with van der Waals surface area (Å²) in [6.45, 7) is 0. The van der Waals surface area contributed by atoms with E-state index in [0.717, 1.165) is 0 Å². The van der Waals surface area contributed by atoms with Crippen molar-refractivity contribution in [2.45, 2.75) is 40.4 Å². The fourth-order valence-corrected chi connectivity index (χ4v) is 28.1. The predicted octanol–water partition coefficient (Wildman–Crippen LogP) is 17.1. The minimum Gasteiger partial charge on any atom is -0.0839 e. The van der Waals surface area contributed by atoms with E-state index in [1.165, 1.54) is 0 Å². The third-order valence-electron chi connectivity index (χ3n) is 4.63. The normalized spacial score (nSPS) is 33.7. The second kappa shape index (κ2) is 13.6. The van der Waals surface area contributed by atoms with Crippen LogP contribution in [0.1, 0.15) is 0 Å². The van der Waals surface area contributed by atoms with Crippen molar-refractivity contribution in [3.63, 3.8) is 0 Å². The van der Waals surface area contributed by atoms with Gasteiger partial charge in [-0.1, -0.05) is 366 Å². The minimum atomic E-state index is -1.10. The maximum atomic E-state index is 3.93. The Morgan fingerprint density at radius 3 is 0.486 bits per heavy atom. The van der Waals surface area contributed by atoms with E-state index in [1.807, 2.05) is 0 Å². The second-order valence-electron chi connectivity index (χ2n) is 6.78. The maximum Gasteiger partial charge on any atom is 0.135 e. The molecule has 0 aromatic carbocycles. The zero-order valence-electron chi connectivity index (χ0n) is 14.8. The van der Waals surface area contributed by atoms with Crippen LogP contribution in [-0.4, -0.2) is 40.4 Å². The van der Waals surface area contributed by atoms with Crippen LogP contribution >= 0.6 is 366 Å². The molecule has 1 saturated carbocycles. The van der Waals surface area contributed by atoms with Crippen LogP contribution < -0.4 is 0 Å². The van der Waals surface area contributed by atoms with Crippen LogP contribution in [-0.2, 0) is 0 Å². The Morgan fingerprint density at radius 1 is 0.229 bits per heavy atom. The first-order valence-electron chi connectivity index (χ1n) is 7.45. The van der Waals surface area contributed by atoms with E-state index in [4.69, 9.17) is 0 Å². The molecule has 0 bridgehead atoms. The summed E-state index contributed by atoms with van der Waals surface area (Å²) in [5.74, 6) is 0. The average Bonchev–Trinajstić information content (AvgIpc) is 2.64.